The lowest BCUT2D eigenvalue weighted by Crippen LogP contribution is -2.54. The smallest absolute Gasteiger partial charge is 0.469 e. The van der Waals surface area contributed by atoms with Crippen molar-refractivity contribution >= 4 is 47.5 Å². The SMILES string of the molecule is COC(=O)CCCCCNC(=O)[C@H](Cc1ccccc1)NC(=O)CNC(=O)[C@@H](CCSC)NC(=O)C(N)Cc1ccc(OC(=O)OCC(C)C)c(C(C)(C)C)c1. The van der Waals surface area contributed by atoms with Crippen LogP contribution in [0.25, 0.3) is 0 Å². The Morgan fingerprint density at radius 3 is 2.16 bits per heavy atom. The van der Waals surface area contributed by atoms with Crippen LogP contribution in [0.15, 0.2) is 48.5 Å². The number of amides is 4. The van der Waals surface area contributed by atoms with E-state index in [1.807, 2.05) is 77.3 Å². The Bertz CT molecular complexity index is 1580. The summed E-state index contributed by atoms with van der Waals surface area (Å²) < 4.78 is 15.3. The van der Waals surface area contributed by atoms with E-state index in [1.165, 1.54) is 18.9 Å². The van der Waals surface area contributed by atoms with Crippen molar-refractivity contribution < 1.29 is 43.0 Å². The predicted molar refractivity (Wildman–Crippen MR) is 217 cm³/mol. The average molecular weight is 800 g/mol. The molecular weight excluding hydrogens is 739 g/mol. The van der Waals surface area contributed by atoms with Crippen LogP contribution in [-0.2, 0) is 51.7 Å². The molecule has 1 unspecified atom stereocenters. The number of methoxy groups -OCH3 is 1. The van der Waals surface area contributed by atoms with Crippen LogP contribution >= 0.6 is 11.8 Å². The number of nitrogens with one attached hydrogen (secondary N) is 4. The van der Waals surface area contributed by atoms with Crippen molar-refractivity contribution in [2.75, 3.05) is 38.8 Å². The number of carbonyl (C=O) groups is 6. The van der Waals surface area contributed by atoms with Gasteiger partial charge >= 0.3 is 12.1 Å². The first-order valence-electron chi connectivity index (χ1n) is 19.0. The highest BCUT2D eigenvalue weighted by Gasteiger charge is 2.27. The topological polar surface area (TPSA) is 204 Å². The number of carbonyl (C=O) groups excluding carboxylic acids is 6. The molecule has 310 valence electrons. The van der Waals surface area contributed by atoms with Crippen molar-refractivity contribution in [3.8, 4) is 5.75 Å². The third-order valence-corrected chi connectivity index (χ3v) is 9.20. The number of unbranched alkanes of at least 4 members (excludes halogenated alkanes) is 2. The second-order valence-corrected chi connectivity index (χ2v) is 16.0. The molecular formula is C41H61N5O9S. The van der Waals surface area contributed by atoms with Gasteiger partial charge in [-0.1, -0.05) is 83.5 Å². The molecule has 2 rings (SSSR count). The summed E-state index contributed by atoms with van der Waals surface area (Å²) in [6.45, 7) is 9.94. The fourth-order valence-electron chi connectivity index (χ4n) is 5.47. The van der Waals surface area contributed by atoms with Crippen LogP contribution in [0, 0.1) is 5.92 Å². The molecule has 0 radical (unpaired) electrons. The van der Waals surface area contributed by atoms with Gasteiger partial charge in [-0.15, -0.1) is 0 Å². The molecule has 0 spiro atoms. The monoisotopic (exact) mass is 799 g/mol. The van der Waals surface area contributed by atoms with Gasteiger partial charge in [0.15, 0.2) is 0 Å². The van der Waals surface area contributed by atoms with Crippen molar-refractivity contribution in [2.45, 2.75) is 103 Å². The number of rotatable bonds is 23. The van der Waals surface area contributed by atoms with Gasteiger partial charge in [0.25, 0.3) is 0 Å². The summed E-state index contributed by atoms with van der Waals surface area (Å²) in [5.74, 6) is -1.28. The molecule has 56 heavy (non-hydrogen) atoms. The number of ether oxygens (including phenoxy) is 3. The van der Waals surface area contributed by atoms with Gasteiger partial charge in [0.05, 0.1) is 26.3 Å². The summed E-state index contributed by atoms with van der Waals surface area (Å²) in [6, 6.07) is 11.6. The second kappa shape index (κ2) is 24.8. The third kappa shape index (κ3) is 18.3. The highest BCUT2D eigenvalue weighted by atomic mass is 32.2. The minimum atomic E-state index is -1.01. The van der Waals surface area contributed by atoms with E-state index in [4.69, 9.17) is 15.2 Å². The lowest BCUT2D eigenvalue weighted by atomic mass is 9.84. The summed E-state index contributed by atoms with van der Waals surface area (Å²) in [5, 5.41) is 10.9. The van der Waals surface area contributed by atoms with Crippen LogP contribution in [-0.4, -0.2) is 92.7 Å². The zero-order valence-electron chi connectivity index (χ0n) is 33.9. The van der Waals surface area contributed by atoms with Gasteiger partial charge in [0.2, 0.25) is 23.6 Å². The number of benzene rings is 2. The maximum absolute atomic E-state index is 13.3. The second-order valence-electron chi connectivity index (χ2n) is 15.0. The Labute approximate surface area is 335 Å². The Kier molecular flexibility index (Phi) is 21.0. The standard InChI is InChI=1S/C41H61N5O9S/c1-27(2)26-54-40(52)55-34-18-17-29(22-30(34)41(3,4)5)23-31(42)37(49)46-32(19-21-56-7)38(50)44-25-35(47)45-33(24-28-14-10-8-11-15-28)39(51)43-20-13-9-12-16-36(48)53-6/h8,10-11,14-15,17-18,22,27,31-33H,9,12-13,16,19-21,23-26,42H2,1-7H3,(H,43,51)(H,44,50)(H,45,47)(H,46,49)/t31?,32-,33+/m1/s1. The molecule has 0 aliphatic carbocycles. The van der Waals surface area contributed by atoms with E-state index in [9.17, 15) is 28.8 Å². The molecule has 15 heteroatoms. The highest BCUT2D eigenvalue weighted by molar-refractivity contribution is 7.98. The van der Waals surface area contributed by atoms with E-state index in [1.54, 1.807) is 12.1 Å². The minimum Gasteiger partial charge on any atom is -0.469 e. The normalized spacial score (nSPS) is 12.8. The molecule has 0 saturated carbocycles. The minimum absolute atomic E-state index is 0.143. The van der Waals surface area contributed by atoms with Crippen molar-refractivity contribution in [3.63, 3.8) is 0 Å². The Morgan fingerprint density at radius 2 is 1.52 bits per heavy atom. The summed E-state index contributed by atoms with van der Waals surface area (Å²) in [5.41, 5.74) is 8.23. The van der Waals surface area contributed by atoms with Crippen LogP contribution in [0.5, 0.6) is 5.75 Å². The zero-order valence-corrected chi connectivity index (χ0v) is 34.7. The van der Waals surface area contributed by atoms with E-state index < -0.39 is 54.0 Å². The van der Waals surface area contributed by atoms with Crippen LogP contribution in [0.2, 0.25) is 0 Å². The summed E-state index contributed by atoms with van der Waals surface area (Å²) in [7, 11) is 1.34. The lowest BCUT2D eigenvalue weighted by molar-refractivity contribution is -0.140. The van der Waals surface area contributed by atoms with E-state index in [0.717, 1.165) is 23.1 Å². The maximum atomic E-state index is 13.3. The quantitative estimate of drug-likeness (QED) is 0.0619. The molecule has 0 heterocycles. The molecule has 0 fully saturated rings. The molecule has 0 bridgehead atoms. The molecule has 14 nitrogen and oxygen atoms in total. The lowest BCUT2D eigenvalue weighted by Gasteiger charge is -2.24. The average Bonchev–Trinajstić information content (AvgIpc) is 3.15. The first-order valence-corrected chi connectivity index (χ1v) is 20.4. The van der Waals surface area contributed by atoms with Gasteiger partial charge in [-0.25, -0.2) is 4.79 Å². The zero-order chi connectivity index (χ0) is 41.7. The van der Waals surface area contributed by atoms with Gasteiger partial charge in [0.1, 0.15) is 17.8 Å². The van der Waals surface area contributed by atoms with Crippen molar-refractivity contribution in [2.24, 2.45) is 11.7 Å². The Balaban J connectivity index is 2.03. The Hall–Kier alpha value is -4.63. The van der Waals surface area contributed by atoms with E-state index >= 15 is 0 Å². The maximum Gasteiger partial charge on any atom is 0.513 e. The summed E-state index contributed by atoms with van der Waals surface area (Å²) in [6.07, 6.45) is 4.05. The molecule has 3 atom stereocenters. The number of thioether (sulfide) groups is 1. The molecule has 4 amide bonds. The number of nitrogens with two attached hydrogens (primary N) is 1. The largest absolute Gasteiger partial charge is 0.513 e. The van der Waals surface area contributed by atoms with E-state index in [-0.39, 0.29) is 37.2 Å². The molecule has 6 N–H and O–H groups in total. The van der Waals surface area contributed by atoms with Crippen molar-refractivity contribution in [1.29, 1.82) is 0 Å². The van der Waals surface area contributed by atoms with Gasteiger partial charge in [0, 0.05) is 24.9 Å². The van der Waals surface area contributed by atoms with E-state index in [2.05, 4.69) is 26.0 Å². The number of esters is 1. The van der Waals surface area contributed by atoms with Crippen LogP contribution in [0.3, 0.4) is 0 Å². The van der Waals surface area contributed by atoms with Crippen LogP contribution in [0.4, 0.5) is 4.79 Å². The fourth-order valence-corrected chi connectivity index (χ4v) is 5.94. The molecule has 2 aromatic carbocycles. The van der Waals surface area contributed by atoms with Gasteiger partial charge < -0.3 is 41.2 Å². The predicted octanol–water partition coefficient (Wildman–Crippen LogP) is 3.96. The number of hydrogen-bond donors (Lipinski definition) is 5. The van der Waals surface area contributed by atoms with Gasteiger partial charge in [-0.3, -0.25) is 24.0 Å². The van der Waals surface area contributed by atoms with Crippen molar-refractivity contribution in [3.05, 3.63) is 65.2 Å². The molecule has 0 aromatic heterocycles. The number of hydrogen-bond acceptors (Lipinski definition) is 11. The molecule has 0 saturated heterocycles. The summed E-state index contributed by atoms with van der Waals surface area (Å²) in [4.78, 5) is 76.5. The highest BCUT2D eigenvalue weighted by Crippen LogP contribution is 2.33. The van der Waals surface area contributed by atoms with Gasteiger partial charge in [-0.2, -0.15) is 11.8 Å². The fraction of sp³-hybridized carbons (Fsp3) is 0.561. The third-order valence-electron chi connectivity index (χ3n) is 8.56. The Morgan fingerprint density at radius 1 is 0.821 bits per heavy atom. The van der Waals surface area contributed by atoms with Crippen molar-refractivity contribution in [1.82, 2.24) is 21.3 Å². The van der Waals surface area contributed by atoms with Crippen LogP contribution in [0.1, 0.15) is 83.4 Å². The molecule has 2 aromatic rings. The van der Waals surface area contributed by atoms with E-state index in [0.29, 0.717) is 43.7 Å². The molecule has 0 aliphatic heterocycles. The first-order chi connectivity index (χ1) is 26.5. The summed E-state index contributed by atoms with van der Waals surface area (Å²) >= 11 is 1.50. The van der Waals surface area contributed by atoms with Gasteiger partial charge in [-0.05, 0) is 66.2 Å². The van der Waals surface area contributed by atoms with Crippen LogP contribution < -0.4 is 31.7 Å². The first kappa shape index (κ1) is 47.5. The molecule has 0 aliphatic rings.